The number of nitrogens with one attached hydrogen (secondary N) is 1. The first-order valence-corrected chi connectivity index (χ1v) is 8.95. The molecule has 0 bridgehead atoms. The molecule has 0 aliphatic heterocycles. The minimum atomic E-state index is -3.58. The van der Waals surface area contributed by atoms with Gasteiger partial charge in [-0.05, 0) is 71.6 Å². The van der Waals surface area contributed by atoms with Crippen molar-refractivity contribution in [3.05, 3.63) is 38.7 Å². The summed E-state index contributed by atoms with van der Waals surface area (Å²) in [5.41, 5.74) is 9.46. The molecule has 0 spiro atoms. The minimum absolute atomic E-state index is 0.289. The molecule has 1 aromatic heterocycles. The van der Waals surface area contributed by atoms with Crippen LogP contribution in [0.1, 0.15) is 16.7 Å². The molecule has 1 heterocycles. The smallest absolute Gasteiger partial charge is 0.271 e. The molecular formula is C13H15BrN2O2S2. The number of halogens is 1. The minimum Gasteiger partial charge on any atom is -0.399 e. The van der Waals surface area contributed by atoms with E-state index in [0.29, 0.717) is 11.4 Å². The van der Waals surface area contributed by atoms with Crippen molar-refractivity contribution < 1.29 is 8.42 Å². The topological polar surface area (TPSA) is 72.2 Å². The van der Waals surface area contributed by atoms with E-state index in [2.05, 4.69) is 20.7 Å². The highest BCUT2D eigenvalue weighted by molar-refractivity contribution is 9.11. The Morgan fingerprint density at radius 3 is 2.10 bits per heavy atom. The van der Waals surface area contributed by atoms with E-state index >= 15 is 0 Å². The van der Waals surface area contributed by atoms with Gasteiger partial charge in [0, 0.05) is 5.69 Å². The Morgan fingerprint density at radius 1 is 1.10 bits per heavy atom. The number of nitrogen functional groups attached to an aromatic ring is 1. The molecule has 3 N–H and O–H groups in total. The maximum Gasteiger partial charge on any atom is 0.271 e. The highest BCUT2D eigenvalue weighted by Gasteiger charge is 2.20. The van der Waals surface area contributed by atoms with Crippen LogP contribution in [0.2, 0.25) is 0 Å². The van der Waals surface area contributed by atoms with Crippen LogP contribution in [-0.2, 0) is 10.0 Å². The van der Waals surface area contributed by atoms with E-state index in [-0.39, 0.29) is 4.21 Å². The second-order valence-electron chi connectivity index (χ2n) is 4.66. The number of sulfonamides is 1. The molecule has 0 saturated heterocycles. The lowest BCUT2D eigenvalue weighted by molar-refractivity contribution is 0.603. The Morgan fingerprint density at radius 2 is 1.65 bits per heavy atom. The predicted octanol–water partition coefficient (Wildman–Crippen LogP) is 3.82. The Balaban J connectivity index is 2.43. The number of anilines is 2. The van der Waals surface area contributed by atoms with Crippen LogP contribution >= 0.6 is 27.3 Å². The quantitative estimate of drug-likeness (QED) is 0.802. The third-order valence-corrected chi connectivity index (χ3v) is 6.85. The molecule has 0 amide bonds. The van der Waals surface area contributed by atoms with Crippen LogP contribution < -0.4 is 10.5 Å². The van der Waals surface area contributed by atoms with Crippen molar-refractivity contribution >= 4 is 48.7 Å². The van der Waals surface area contributed by atoms with Gasteiger partial charge in [-0.3, -0.25) is 4.72 Å². The van der Waals surface area contributed by atoms with Gasteiger partial charge >= 0.3 is 0 Å². The lowest BCUT2D eigenvalue weighted by Crippen LogP contribution is -2.13. The van der Waals surface area contributed by atoms with Gasteiger partial charge in [-0.25, -0.2) is 8.42 Å². The van der Waals surface area contributed by atoms with Gasteiger partial charge in [0.2, 0.25) is 0 Å². The Kier molecular flexibility index (Phi) is 4.13. The first-order valence-electron chi connectivity index (χ1n) is 5.86. The third-order valence-electron chi connectivity index (χ3n) is 2.89. The van der Waals surface area contributed by atoms with Crippen LogP contribution in [-0.4, -0.2) is 8.42 Å². The number of rotatable bonds is 3. The van der Waals surface area contributed by atoms with Gasteiger partial charge < -0.3 is 5.73 Å². The molecule has 7 heteroatoms. The summed E-state index contributed by atoms with van der Waals surface area (Å²) in [7, 11) is -3.58. The number of hydrogen-bond acceptors (Lipinski definition) is 4. The Labute approximate surface area is 131 Å². The zero-order chi connectivity index (χ0) is 15.1. The second kappa shape index (κ2) is 5.38. The number of nitrogens with two attached hydrogens (primary N) is 1. The maximum absolute atomic E-state index is 12.4. The molecule has 4 nitrogen and oxygen atoms in total. The summed E-state index contributed by atoms with van der Waals surface area (Å²) >= 11 is 4.54. The molecule has 0 radical (unpaired) electrons. The molecule has 20 heavy (non-hydrogen) atoms. The van der Waals surface area contributed by atoms with Gasteiger partial charge in [0.1, 0.15) is 4.21 Å². The summed E-state index contributed by atoms with van der Waals surface area (Å²) in [5, 5.41) is 0. The fraction of sp³-hybridized carbons (Fsp3) is 0.231. The third kappa shape index (κ3) is 2.99. The van der Waals surface area contributed by atoms with Crippen molar-refractivity contribution in [2.75, 3.05) is 10.5 Å². The summed E-state index contributed by atoms with van der Waals surface area (Å²) in [6.07, 6.45) is 0. The van der Waals surface area contributed by atoms with E-state index in [1.54, 1.807) is 18.2 Å². The zero-order valence-corrected chi connectivity index (χ0v) is 14.5. The van der Waals surface area contributed by atoms with Crippen LogP contribution in [0.15, 0.2) is 26.2 Å². The molecular weight excluding hydrogens is 360 g/mol. The van der Waals surface area contributed by atoms with Crippen molar-refractivity contribution in [2.45, 2.75) is 25.0 Å². The first-order chi connectivity index (χ1) is 9.20. The van der Waals surface area contributed by atoms with Crippen LogP contribution in [0.3, 0.4) is 0 Å². The van der Waals surface area contributed by atoms with Crippen LogP contribution in [0.4, 0.5) is 11.4 Å². The van der Waals surface area contributed by atoms with E-state index in [1.165, 1.54) is 11.3 Å². The predicted molar refractivity (Wildman–Crippen MR) is 87.9 cm³/mol. The fourth-order valence-electron chi connectivity index (χ4n) is 1.91. The van der Waals surface area contributed by atoms with Crippen molar-refractivity contribution in [2.24, 2.45) is 0 Å². The highest BCUT2D eigenvalue weighted by Crippen LogP contribution is 2.33. The molecule has 0 fully saturated rings. The van der Waals surface area contributed by atoms with Crippen molar-refractivity contribution in [1.82, 2.24) is 0 Å². The first kappa shape index (κ1) is 15.3. The standard InChI is InChI=1S/C13H15BrN2O2S2/c1-7-4-10(15)5-8(2)12(7)16-20(17,18)11-6-9(3)13(14)19-11/h4-6,16H,15H2,1-3H3. The molecule has 2 aromatic rings. The molecule has 0 unspecified atom stereocenters. The molecule has 2 rings (SSSR count). The normalized spacial score (nSPS) is 11.6. The second-order valence-corrected chi connectivity index (χ2v) is 8.94. The average Bonchev–Trinajstić information content (AvgIpc) is 2.65. The summed E-state index contributed by atoms with van der Waals surface area (Å²) < 4.78 is 28.6. The van der Waals surface area contributed by atoms with E-state index in [0.717, 1.165) is 20.5 Å². The van der Waals surface area contributed by atoms with Crippen molar-refractivity contribution in [3.63, 3.8) is 0 Å². The number of hydrogen-bond donors (Lipinski definition) is 2. The van der Waals surface area contributed by atoms with Crippen molar-refractivity contribution in [3.8, 4) is 0 Å². The monoisotopic (exact) mass is 374 g/mol. The summed E-state index contributed by atoms with van der Waals surface area (Å²) in [6, 6.07) is 5.15. The molecule has 1 aromatic carbocycles. The summed E-state index contributed by atoms with van der Waals surface area (Å²) in [5.74, 6) is 0. The molecule has 0 atom stereocenters. The van der Waals surface area contributed by atoms with E-state index in [9.17, 15) is 8.42 Å². The lowest BCUT2D eigenvalue weighted by Gasteiger charge is -2.13. The highest BCUT2D eigenvalue weighted by atomic mass is 79.9. The van der Waals surface area contributed by atoms with Crippen LogP contribution in [0.25, 0.3) is 0 Å². The van der Waals surface area contributed by atoms with Gasteiger partial charge in [0.15, 0.2) is 0 Å². The van der Waals surface area contributed by atoms with E-state index in [4.69, 9.17) is 5.73 Å². The zero-order valence-electron chi connectivity index (χ0n) is 11.3. The number of thiophene rings is 1. The lowest BCUT2D eigenvalue weighted by atomic mass is 10.1. The van der Waals surface area contributed by atoms with Crippen molar-refractivity contribution in [1.29, 1.82) is 0 Å². The Bertz CT molecular complexity index is 724. The summed E-state index contributed by atoms with van der Waals surface area (Å²) in [6.45, 7) is 5.52. The van der Waals surface area contributed by atoms with E-state index < -0.39 is 10.0 Å². The summed E-state index contributed by atoms with van der Waals surface area (Å²) in [4.78, 5) is 0. The molecule has 108 valence electrons. The van der Waals surface area contributed by atoms with Gasteiger partial charge in [0.25, 0.3) is 10.0 Å². The van der Waals surface area contributed by atoms with Crippen LogP contribution in [0, 0.1) is 20.8 Å². The molecule has 0 aliphatic rings. The molecule has 0 aliphatic carbocycles. The van der Waals surface area contributed by atoms with Gasteiger partial charge in [0.05, 0.1) is 9.47 Å². The molecule has 0 saturated carbocycles. The fourth-order valence-corrected chi connectivity index (χ4v) is 5.34. The van der Waals surface area contributed by atoms with Gasteiger partial charge in [-0.2, -0.15) is 0 Å². The van der Waals surface area contributed by atoms with Gasteiger partial charge in [-0.15, -0.1) is 11.3 Å². The Hall–Kier alpha value is -1.05. The van der Waals surface area contributed by atoms with E-state index in [1.807, 2.05) is 20.8 Å². The number of aryl methyl sites for hydroxylation is 3. The largest absolute Gasteiger partial charge is 0.399 e. The average molecular weight is 375 g/mol. The van der Waals surface area contributed by atoms with Crippen LogP contribution in [0.5, 0.6) is 0 Å². The van der Waals surface area contributed by atoms with Gasteiger partial charge in [-0.1, -0.05) is 0 Å². The maximum atomic E-state index is 12.4. The number of benzene rings is 1. The SMILES string of the molecule is Cc1cc(S(=O)(=O)Nc2c(C)cc(N)cc2C)sc1Br.